The highest BCUT2D eigenvalue weighted by Crippen LogP contribution is 2.28. The van der Waals surface area contributed by atoms with Crippen molar-refractivity contribution in [2.24, 2.45) is 0 Å². The van der Waals surface area contributed by atoms with Crippen molar-refractivity contribution in [2.45, 2.75) is 26.9 Å². The van der Waals surface area contributed by atoms with Gasteiger partial charge in [0.1, 0.15) is 5.75 Å². The van der Waals surface area contributed by atoms with Gasteiger partial charge in [-0.2, -0.15) is 15.0 Å². The molecule has 2 aromatic rings. The number of ether oxygens (including phenoxy) is 2. The molecule has 0 saturated carbocycles. The molecule has 6 nitrogen and oxygen atoms in total. The number of aromatic nitrogens is 3. The Morgan fingerprint density at radius 2 is 1.90 bits per heavy atom. The van der Waals surface area contributed by atoms with Gasteiger partial charge in [0, 0.05) is 6.54 Å². The highest BCUT2D eigenvalue weighted by molar-refractivity contribution is 5.64. The van der Waals surface area contributed by atoms with Crippen molar-refractivity contribution < 1.29 is 9.47 Å². The van der Waals surface area contributed by atoms with E-state index < -0.39 is 0 Å². The summed E-state index contributed by atoms with van der Waals surface area (Å²) in [7, 11) is 1.62. The summed E-state index contributed by atoms with van der Waals surface area (Å²) in [5.74, 6) is 1.72. The maximum absolute atomic E-state index is 5.59. The first-order valence-electron chi connectivity index (χ1n) is 6.94. The molecule has 0 aliphatic rings. The molecule has 1 heterocycles. The van der Waals surface area contributed by atoms with Crippen LogP contribution in [0.1, 0.15) is 20.8 Å². The summed E-state index contributed by atoms with van der Waals surface area (Å²) in [4.78, 5) is 13.0. The standard InChI is InChI=1S/C15H20N4O2/c1-5-16-14-17-13(18-15(19-14)21-10(2)3)11-8-6-7-9-12(11)20-4/h6-10H,5H2,1-4H3,(H,16,17,18,19). The molecule has 0 aliphatic carbocycles. The molecular formula is C15H20N4O2. The van der Waals surface area contributed by atoms with Crippen LogP contribution in [-0.4, -0.2) is 34.7 Å². The topological polar surface area (TPSA) is 69.2 Å². The van der Waals surface area contributed by atoms with Crippen LogP contribution in [-0.2, 0) is 0 Å². The highest BCUT2D eigenvalue weighted by atomic mass is 16.5. The summed E-state index contributed by atoms with van der Waals surface area (Å²) in [6.07, 6.45) is -0.00704. The van der Waals surface area contributed by atoms with Gasteiger partial charge in [0.2, 0.25) is 5.95 Å². The van der Waals surface area contributed by atoms with E-state index in [0.717, 1.165) is 12.1 Å². The minimum absolute atomic E-state index is 0.00704. The van der Waals surface area contributed by atoms with Gasteiger partial charge in [-0.25, -0.2) is 0 Å². The van der Waals surface area contributed by atoms with E-state index in [9.17, 15) is 0 Å². The van der Waals surface area contributed by atoms with Crippen LogP contribution in [0.3, 0.4) is 0 Å². The van der Waals surface area contributed by atoms with Crippen LogP contribution in [0.5, 0.6) is 11.8 Å². The predicted molar refractivity (Wildman–Crippen MR) is 81.7 cm³/mol. The van der Waals surface area contributed by atoms with E-state index in [1.165, 1.54) is 0 Å². The fraction of sp³-hybridized carbons (Fsp3) is 0.400. The van der Waals surface area contributed by atoms with E-state index in [4.69, 9.17) is 9.47 Å². The van der Waals surface area contributed by atoms with E-state index in [2.05, 4.69) is 20.3 Å². The summed E-state index contributed by atoms with van der Waals surface area (Å²) in [6.45, 7) is 6.56. The van der Waals surface area contributed by atoms with Gasteiger partial charge in [0.05, 0.1) is 18.8 Å². The van der Waals surface area contributed by atoms with E-state index in [0.29, 0.717) is 23.5 Å². The van der Waals surface area contributed by atoms with Crippen molar-refractivity contribution in [1.29, 1.82) is 0 Å². The molecular weight excluding hydrogens is 268 g/mol. The molecule has 0 atom stereocenters. The molecule has 0 saturated heterocycles. The largest absolute Gasteiger partial charge is 0.496 e. The molecule has 0 amide bonds. The Morgan fingerprint density at radius 1 is 1.14 bits per heavy atom. The van der Waals surface area contributed by atoms with Crippen LogP contribution < -0.4 is 14.8 Å². The van der Waals surface area contributed by atoms with E-state index in [-0.39, 0.29) is 6.10 Å². The Hall–Kier alpha value is -2.37. The molecule has 0 bridgehead atoms. The minimum atomic E-state index is -0.00704. The van der Waals surface area contributed by atoms with Gasteiger partial charge in [-0.3, -0.25) is 0 Å². The number of benzene rings is 1. The number of hydrogen-bond donors (Lipinski definition) is 1. The van der Waals surface area contributed by atoms with Crippen LogP contribution in [0.25, 0.3) is 11.4 Å². The van der Waals surface area contributed by atoms with Gasteiger partial charge in [0.15, 0.2) is 5.82 Å². The third-order valence-electron chi connectivity index (χ3n) is 2.64. The average Bonchev–Trinajstić information content (AvgIpc) is 2.46. The zero-order valence-corrected chi connectivity index (χ0v) is 12.8. The normalized spacial score (nSPS) is 10.5. The fourth-order valence-corrected chi connectivity index (χ4v) is 1.81. The lowest BCUT2D eigenvalue weighted by molar-refractivity contribution is 0.222. The number of rotatable bonds is 6. The van der Waals surface area contributed by atoms with Gasteiger partial charge < -0.3 is 14.8 Å². The fourth-order valence-electron chi connectivity index (χ4n) is 1.81. The quantitative estimate of drug-likeness (QED) is 0.881. The lowest BCUT2D eigenvalue weighted by atomic mass is 10.2. The van der Waals surface area contributed by atoms with Crippen molar-refractivity contribution in [2.75, 3.05) is 19.0 Å². The Labute approximate surface area is 124 Å². The third-order valence-corrected chi connectivity index (χ3v) is 2.64. The van der Waals surface area contributed by atoms with Gasteiger partial charge in [-0.1, -0.05) is 12.1 Å². The number of methoxy groups -OCH3 is 1. The molecule has 112 valence electrons. The number of anilines is 1. The van der Waals surface area contributed by atoms with E-state index >= 15 is 0 Å². The summed E-state index contributed by atoms with van der Waals surface area (Å²) < 4.78 is 11.0. The van der Waals surface area contributed by atoms with Gasteiger partial charge >= 0.3 is 6.01 Å². The molecule has 21 heavy (non-hydrogen) atoms. The molecule has 0 aliphatic heterocycles. The molecule has 0 fully saturated rings. The maximum atomic E-state index is 5.59. The molecule has 1 aromatic carbocycles. The minimum Gasteiger partial charge on any atom is -0.496 e. The van der Waals surface area contributed by atoms with Crippen LogP contribution >= 0.6 is 0 Å². The smallest absolute Gasteiger partial charge is 0.322 e. The predicted octanol–water partition coefficient (Wildman–Crippen LogP) is 2.77. The molecule has 2 rings (SSSR count). The second kappa shape index (κ2) is 6.88. The number of para-hydroxylation sites is 1. The lowest BCUT2D eigenvalue weighted by Crippen LogP contribution is -2.12. The number of nitrogens with zero attached hydrogens (tertiary/aromatic N) is 3. The molecule has 0 radical (unpaired) electrons. The third kappa shape index (κ3) is 3.81. The Balaban J connectivity index is 2.48. The Kier molecular flexibility index (Phi) is 4.92. The Bertz CT molecular complexity index is 602. The first-order chi connectivity index (χ1) is 10.1. The molecule has 6 heteroatoms. The second-order valence-corrected chi connectivity index (χ2v) is 4.66. The van der Waals surface area contributed by atoms with Crippen LogP contribution in [0.2, 0.25) is 0 Å². The zero-order valence-electron chi connectivity index (χ0n) is 12.8. The summed E-state index contributed by atoms with van der Waals surface area (Å²) in [5.41, 5.74) is 0.801. The summed E-state index contributed by atoms with van der Waals surface area (Å²) >= 11 is 0. The first-order valence-corrected chi connectivity index (χ1v) is 6.94. The second-order valence-electron chi connectivity index (χ2n) is 4.66. The van der Waals surface area contributed by atoms with Crippen LogP contribution in [0.15, 0.2) is 24.3 Å². The van der Waals surface area contributed by atoms with Crippen LogP contribution in [0.4, 0.5) is 5.95 Å². The van der Waals surface area contributed by atoms with Crippen molar-refractivity contribution in [3.05, 3.63) is 24.3 Å². The van der Waals surface area contributed by atoms with Crippen LogP contribution in [0, 0.1) is 0 Å². The van der Waals surface area contributed by atoms with Crippen molar-refractivity contribution >= 4 is 5.95 Å². The SMILES string of the molecule is CCNc1nc(OC(C)C)nc(-c2ccccc2OC)n1. The highest BCUT2D eigenvalue weighted by Gasteiger charge is 2.13. The maximum Gasteiger partial charge on any atom is 0.322 e. The molecule has 0 unspecified atom stereocenters. The van der Waals surface area contributed by atoms with E-state index in [1.54, 1.807) is 7.11 Å². The summed E-state index contributed by atoms with van der Waals surface area (Å²) in [6, 6.07) is 7.90. The van der Waals surface area contributed by atoms with Gasteiger partial charge in [0.25, 0.3) is 0 Å². The molecule has 1 N–H and O–H groups in total. The molecule has 1 aromatic heterocycles. The van der Waals surface area contributed by atoms with Crippen molar-refractivity contribution in [3.8, 4) is 23.1 Å². The van der Waals surface area contributed by atoms with E-state index in [1.807, 2.05) is 45.0 Å². The monoisotopic (exact) mass is 288 g/mol. The molecule has 0 spiro atoms. The first kappa shape index (κ1) is 15.0. The number of hydrogen-bond acceptors (Lipinski definition) is 6. The van der Waals surface area contributed by atoms with Gasteiger partial charge in [-0.15, -0.1) is 0 Å². The number of nitrogens with one attached hydrogen (secondary N) is 1. The van der Waals surface area contributed by atoms with Crippen molar-refractivity contribution in [3.63, 3.8) is 0 Å². The van der Waals surface area contributed by atoms with Gasteiger partial charge in [-0.05, 0) is 32.9 Å². The average molecular weight is 288 g/mol. The summed E-state index contributed by atoms with van der Waals surface area (Å²) in [5, 5.41) is 3.09. The Morgan fingerprint density at radius 3 is 2.57 bits per heavy atom. The van der Waals surface area contributed by atoms with Crippen molar-refractivity contribution in [1.82, 2.24) is 15.0 Å². The zero-order chi connectivity index (χ0) is 15.2. The lowest BCUT2D eigenvalue weighted by Gasteiger charge is -2.12.